The van der Waals surface area contributed by atoms with E-state index in [-0.39, 0.29) is 11.3 Å². The van der Waals surface area contributed by atoms with Crippen molar-refractivity contribution in [2.75, 3.05) is 7.11 Å². The number of carbonyl (C=O) groups is 1. The Labute approximate surface area is 101 Å². The minimum atomic E-state index is -0.268. The van der Waals surface area contributed by atoms with Gasteiger partial charge < -0.3 is 4.74 Å². The lowest BCUT2D eigenvalue weighted by Crippen LogP contribution is -2.43. The largest absolute Gasteiger partial charge is 0.497 e. The van der Waals surface area contributed by atoms with Crippen LogP contribution in [0.1, 0.15) is 31.7 Å². The predicted molar refractivity (Wildman–Crippen MR) is 64.2 cm³/mol. The molecule has 1 fully saturated rings. The first-order chi connectivity index (χ1) is 7.45. The molecule has 0 spiro atoms. The van der Waals surface area contributed by atoms with E-state index in [2.05, 4.69) is 0 Å². The monoisotopic (exact) mass is 238 g/mol. The van der Waals surface area contributed by atoms with Gasteiger partial charge in [0.25, 0.3) is 0 Å². The van der Waals surface area contributed by atoms with E-state index in [0.717, 1.165) is 11.3 Å². The third-order valence-corrected chi connectivity index (χ3v) is 3.73. The van der Waals surface area contributed by atoms with Gasteiger partial charge in [-0.2, -0.15) is 0 Å². The summed E-state index contributed by atoms with van der Waals surface area (Å²) >= 11 is 6.02. The minimum absolute atomic E-state index is 0.257. The molecule has 0 bridgehead atoms. The van der Waals surface area contributed by atoms with Gasteiger partial charge in [0.05, 0.1) is 7.11 Å². The number of halogens is 1. The van der Waals surface area contributed by atoms with Crippen LogP contribution < -0.4 is 4.74 Å². The second kappa shape index (κ2) is 3.77. The highest BCUT2D eigenvalue weighted by atomic mass is 35.5. The molecule has 0 heterocycles. The van der Waals surface area contributed by atoms with Gasteiger partial charge in [0.15, 0.2) is 0 Å². The topological polar surface area (TPSA) is 26.3 Å². The summed E-state index contributed by atoms with van der Waals surface area (Å²) in [6.45, 7) is 3.97. The molecule has 3 heteroatoms. The summed E-state index contributed by atoms with van der Waals surface area (Å²) in [5.41, 5.74) is 0.823. The normalized spacial score (nSPS) is 22.8. The van der Waals surface area contributed by atoms with Gasteiger partial charge in [-0.3, -0.25) is 4.79 Å². The quantitative estimate of drug-likeness (QED) is 0.789. The first-order valence-corrected chi connectivity index (χ1v) is 5.70. The van der Waals surface area contributed by atoms with Crippen LogP contribution >= 0.6 is 11.6 Å². The number of benzene rings is 1. The molecule has 0 saturated heterocycles. The Morgan fingerprint density at radius 2 is 2.06 bits per heavy atom. The molecule has 0 N–H and O–H groups in total. The van der Waals surface area contributed by atoms with Gasteiger partial charge in [-0.05, 0) is 23.8 Å². The van der Waals surface area contributed by atoms with E-state index in [4.69, 9.17) is 16.3 Å². The Morgan fingerprint density at radius 1 is 1.38 bits per heavy atom. The molecule has 1 unspecified atom stereocenters. The molecule has 1 atom stereocenters. The van der Waals surface area contributed by atoms with Crippen molar-refractivity contribution in [3.8, 4) is 5.75 Å². The van der Waals surface area contributed by atoms with Crippen molar-refractivity contribution in [2.45, 2.75) is 26.2 Å². The van der Waals surface area contributed by atoms with Crippen LogP contribution in [0.5, 0.6) is 5.75 Å². The van der Waals surface area contributed by atoms with Gasteiger partial charge in [-0.15, -0.1) is 0 Å². The lowest BCUT2D eigenvalue weighted by atomic mass is 9.59. The minimum Gasteiger partial charge on any atom is -0.497 e. The van der Waals surface area contributed by atoms with Crippen LogP contribution in [0.2, 0.25) is 5.02 Å². The molecule has 1 saturated carbocycles. The maximum atomic E-state index is 11.5. The smallest absolute Gasteiger partial charge is 0.139 e. The van der Waals surface area contributed by atoms with Crippen molar-refractivity contribution in [3.63, 3.8) is 0 Å². The van der Waals surface area contributed by atoms with E-state index in [1.165, 1.54) is 0 Å². The van der Waals surface area contributed by atoms with Gasteiger partial charge in [0.2, 0.25) is 0 Å². The van der Waals surface area contributed by atoms with E-state index in [9.17, 15) is 4.79 Å². The molecule has 0 amide bonds. The Balaban J connectivity index is 2.35. The number of Topliss-reactive ketones (excluding diaryl/α,β-unsaturated/α-hetero) is 1. The van der Waals surface area contributed by atoms with Gasteiger partial charge in [-0.1, -0.05) is 25.4 Å². The molecule has 86 valence electrons. The van der Waals surface area contributed by atoms with Crippen LogP contribution in [0.15, 0.2) is 18.2 Å². The molecule has 1 aliphatic rings. The van der Waals surface area contributed by atoms with Crippen molar-refractivity contribution < 1.29 is 9.53 Å². The van der Waals surface area contributed by atoms with Gasteiger partial charge in [-0.25, -0.2) is 0 Å². The molecule has 1 aromatic rings. The highest BCUT2D eigenvalue weighted by Crippen LogP contribution is 2.50. The highest BCUT2D eigenvalue weighted by molar-refractivity contribution is 6.30. The maximum absolute atomic E-state index is 11.5. The van der Waals surface area contributed by atoms with Gasteiger partial charge >= 0.3 is 0 Å². The molecule has 16 heavy (non-hydrogen) atoms. The van der Waals surface area contributed by atoms with E-state index >= 15 is 0 Å². The number of hydrogen-bond donors (Lipinski definition) is 0. The third kappa shape index (κ3) is 1.71. The van der Waals surface area contributed by atoms with Gasteiger partial charge in [0, 0.05) is 22.8 Å². The van der Waals surface area contributed by atoms with Crippen molar-refractivity contribution in [1.29, 1.82) is 0 Å². The van der Waals surface area contributed by atoms with Crippen LogP contribution in [0, 0.1) is 5.41 Å². The molecule has 0 radical (unpaired) electrons. The van der Waals surface area contributed by atoms with E-state index in [0.29, 0.717) is 17.2 Å². The fourth-order valence-electron chi connectivity index (χ4n) is 2.20. The van der Waals surface area contributed by atoms with Crippen LogP contribution in [0.4, 0.5) is 0 Å². The van der Waals surface area contributed by atoms with Gasteiger partial charge in [0.1, 0.15) is 11.5 Å². The number of ketones is 1. The summed E-state index contributed by atoms with van der Waals surface area (Å²) in [7, 11) is 1.62. The predicted octanol–water partition coefficient (Wildman–Crippen LogP) is 3.43. The first kappa shape index (κ1) is 11.5. The van der Waals surface area contributed by atoms with Crippen LogP contribution in [-0.4, -0.2) is 12.9 Å². The van der Waals surface area contributed by atoms with Crippen LogP contribution in [0.3, 0.4) is 0 Å². The Morgan fingerprint density at radius 3 is 2.56 bits per heavy atom. The van der Waals surface area contributed by atoms with Crippen molar-refractivity contribution >= 4 is 17.4 Å². The number of methoxy groups -OCH3 is 1. The lowest BCUT2D eigenvalue weighted by molar-refractivity contribution is -0.137. The van der Waals surface area contributed by atoms with Crippen molar-refractivity contribution in [2.24, 2.45) is 5.41 Å². The summed E-state index contributed by atoms with van der Waals surface area (Å²) in [6, 6.07) is 5.66. The van der Waals surface area contributed by atoms with Crippen LogP contribution in [0.25, 0.3) is 0 Å². The second-order valence-corrected chi connectivity index (χ2v) is 5.26. The fourth-order valence-corrected chi connectivity index (χ4v) is 2.44. The standard InChI is InChI=1S/C13H15ClO2/c1-13(2)11(7-12(13)15)8-4-9(14)6-10(5-8)16-3/h4-6,11H,7H2,1-3H3. The highest BCUT2D eigenvalue weighted by Gasteiger charge is 2.47. The average molecular weight is 239 g/mol. The molecule has 0 aromatic heterocycles. The molecule has 1 aliphatic carbocycles. The summed E-state index contributed by atoms with van der Waals surface area (Å²) in [5, 5.41) is 0.657. The Kier molecular flexibility index (Phi) is 2.70. The summed E-state index contributed by atoms with van der Waals surface area (Å²) in [6.07, 6.45) is 0.608. The number of carbonyl (C=O) groups excluding carboxylic acids is 1. The maximum Gasteiger partial charge on any atom is 0.139 e. The molecule has 2 nitrogen and oxygen atoms in total. The molecular weight excluding hydrogens is 224 g/mol. The molecule has 2 rings (SSSR count). The fraction of sp³-hybridized carbons (Fsp3) is 0.462. The van der Waals surface area contributed by atoms with E-state index in [1.54, 1.807) is 13.2 Å². The lowest BCUT2D eigenvalue weighted by Gasteiger charge is -2.43. The number of hydrogen-bond acceptors (Lipinski definition) is 2. The molecule has 0 aliphatic heterocycles. The summed E-state index contributed by atoms with van der Waals surface area (Å²) < 4.78 is 5.18. The van der Waals surface area contributed by atoms with Crippen molar-refractivity contribution in [1.82, 2.24) is 0 Å². The second-order valence-electron chi connectivity index (χ2n) is 4.83. The van der Waals surface area contributed by atoms with Crippen molar-refractivity contribution in [3.05, 3.63) is 28.8 Å². The zero-order chi connectivity index (χ0) is 11.9. The molecular formula is C13H15ClO2. The summed E-state index contributed by atoms with van der Waals surface area (Å²) in [5.74, 6) is 1.32. The number of ether oxygens (including phenoxy) is 1. The van der Waals surface area contributed by atoms with Crippen LogP contribution in [-0.2, 0) is 4.79 Å². The van der Waals surface area contributed by atoms with E-state index < -0.39 is 0 Å². The summed E-state index contributed by atoms with van der Waals surface area (Å²) in [4.78, 5) is 11.5. The zero-order valence-electron chi connectivity index (χ0n) is 9.71. The SMILES string of the molecule is COc1cc(Cl)cc(C2CC(=O)C2(C)C)c1. The average Bonchev–Trinajstić information content (AvgIpc) is 2.24. The zero-order valence-corrected chi connectivity index (χ0v) is 10.5. The number of rotatable bonds is 2. The molecule has 1 aromatic carbocycles. The first-order valence-electron chi connectivity index (χ1n) is 5.33. The Bertz CT molecular complexity index is 438. The van der Waals surface area contributed by atoms with E-state index in [1.807, 2.05) is 26.0 Å². The third-order valence-electron chi connectivity index (χ3n) is 3.51. The Hall–Kier alpha value is -1.02.